The van der Waals surface area contributed by atoms with Crippen LogP contribution in [-0.2, 0) is 14.3 Å². The molecule has 5 nitrogen and oxygen atoms in total. The summed E-state index contributed by atoms with van der Waals surface area (Å²) < 4.78 is 9.97. The van der Waals surface area contributed by atoms with Gasteiger partial charge < -0.3 is 14.8 Å². The second kappa shape index (κ2) is 6.52. The lowest BCUT2D eigenvalue weighted by atomic mass is 10.0. The Hall–Kier alpha value is -1.88. The van der Waals surface area contributed by atoms with Crippen molar-refractivity contribution in [2.45, 2.75) is 32.8 Å². The molecule has 0 fully saturated rings. The topological polar surface area (TPSA) is 64.6 Å². The molecule has 0 heterocycles. The summed E-state index contributed by atoms with van der Waals surface area (Å²) in [6.07, 6.45) is 0.523. The normalized spacial score (nSPS) is 13.4. The molecular formula is C15H21NO4. The first kappa shape index (κ1) is 16.2. The summed E-state index contributed by atoms with van der Waals surface area (Å²) in [6.45, 7) is 5.43. The van der Waals surface area contributed by atoms with Gasteiger partial charge in [-0.05, 0) is 32.4 Å². The zero-order valence-electron chi connectivity index (χ0n) is 12.6. The Balaban J connectivity index is 3.09. The predicted octanol–water partition coefficient (Wildman–Crippen LogP) is 2.54. The van der Waals surface area contributed by atoms with Crippen LogP contribution >= 0.6 is 0 Å². The van der Waals surface area contributed by atoms with Crippen LogP contribution in [0.5, 0.6) is 0 Å². The number of aryl methyl sites for hydroxylation is 1. The van der Waals surface area contributed by atoms with E-state index < -0.39 is 11.6 Å². The van der Waals surface area contributed by atoms with Crippen LogP contribution in [0.15, 0.2) is 18.2 Å². The van der Waals surface area contributed by atoms with E-state index in [2.05, 4.69) is 5.32 Å². The maximum atomic E-state index is 12.3. The predicted molar refractivity (Wildman–Crippen MR) is 76.9 cm³/mol. The van der Waals surface area contributed by atoms with E-state index in [1.54, 1.807) is 19.1 Å². The maximum absolute atomic E-state index is 12.3. The van der Waals surface area contributed by atoms with Crippen LogP contribution in [-0.4, -0.2) is 31.7 Å². The van der Waals surface area contributed by atoms with Crippen molar-refractivity contribution in [3.8, 4) is 0 Å². The molecule has 1 amide bonds. The SMILES string of the molecule is CCC(C)(OC)C(=O)Nc1ccc(C)cc1C(=O)OC. The van der Waals surface area contributed by atoms with Gasteiger partial charge in [0.05, 0.1) is 18.4 Å². The average Bonchev–Trinajstić information content (AvgIpc) is 2.47. The third-order valence-electron chi connectivity index (χ3n) is 3.43. The van der Waals surface area contributed by atoms with Crippen LogP contribution in [0.2, 0.25) is 0 Å². The first-order valence-corrected chi connectivity index (χ1v) is 6.43. The van der Waals surface area contributed by atoms with Crippen LogP contribution < -0.4 is 5.32 Å². The van der Waals surface area contributed by atoms with Gasteiger partial charge in [0.25, 0.3) is 5.91 Å². The molecule has 0 aliphatic carbocycles. The van der Waals surface area contributed by atoms with E-state index in [4.69, 9.17) is 9.47 Å². The molecule has 0 spiro atoms. The molecule has 0 radical (unpaired) electrons. The number of rotatable bonds is 5. The lowest BCUT2D eigenvalue weighted by molar-refractivity contribution is -0.136. The van der Waals surface area contributed by atoms with Gasteiger partial charge in [-0.25, -0.2) is 4.79 Å². The van der Waals surface area contributed by atoms with Gasteiger partial charge in [-0.2, -0.15) is 0 Å². The minimum absolute atomic E-state index is 0.295. The summed E-state index contributed by atoms with van der Waals surface area (Å²) in [7, 11) is 2.79. The van der Waals surface area contributed by atoms with Crippen molar-refractivity contribution < 1.29 is 19.1 Å². The average molecular weight is 279 g/mol. The fourth-order valence-corrected chi connectivity index (χ4v) is 1.70. The molecule has 0 aromatic heterocycles. The van der Waals surface area contributed by atoms with Crippen molar-refractivity contribution in [2.24, 2.45) is 0 Å². The van der Waals surface area contributed by atoms with E-state index in [0.29, 0.717) is 17.7 Å². The van der Waals surface area contributed by atoms with Gasteiger partial charge in [0.1, 0.15) is 5.60 Å². The molecule has 1 unspecified atom stereocenters. The molecule has 1 aromatic rings. The molecule has 0 aliphatic heterocycles. The Morgan fingerprint density at radius 2 is 1.95 bits per heavy atom. The van der Waals surface area contributed by atoms with Crippen molar-refractivity contribution in [3.63, 3.8) is 0 Å². The van der Waals surface area contributed by atoms with Gasteiger partial charge in [-0.15, -0.1) is 0 Å². The van der Waals surface area contributed by atoms with Crippen molar-refractivity contribution in [3.05, 3.63) is 29.3 Å². The first-order valence-electron chi connectivity index (χ1n) is 6.43. The van der Waals surface area contributed by atoms with Gasteiger partial charge in [0.15, 0.2) is 0 Å². The van der Waals surface area contributed by atoms with Crippen molar-refractivity contribution in [1.82, 2.24) is 0 Å². The molecule has 1 atom stereocenters. The number of carbonyl (C=O) groups excluding carboxylic acids is 2. The van der Waals surface area contributed by atoms with Crippen molar-refractivity contribution >= 4 is 17.6 Å². The Kier molecular flexibility index (Phi) is 5.27. The quantitative estimate of drug-likeness (QED) is 0.841. The molecule has 1 N–H and O–H groups in total. The highest BCUT2D eigenvalue weighted by Crippen LogP contribution is 2.22. The van der Waals surface area contributed by atoms with Crippen LogP contribution in [0.1, 0.15) is 36.2 Å². The van der Waals surface area contributed by atoms with E-state index in [1.807, 2.05) is 19.9 Å². The zero-order valence-corrected chi connectivity index (χ0v) is 12.6. The number of benzene rings is 1. The fraction of sp³-hybridized carbons (Fsp3) is 0.467. The highest BCUT2D eigenvalue weighted by atomic mass is 16.5. The van der Waals surface area contributed by atoms with Gasteiger partial charge >= 0.3 is 5.97 Å². The van der Waals surface area contributed by atoms with Gasteiger partial charge in [-0.1, -0.05) is 18.6 Å². The van der Waals surface area contributed by atoms with Gasteiger partial charge in [0, 0.05) is 7.11 Å². The summed E-state index contributed by atoms with van der Waals surface area (Å²) in [6, 6.07) is 5.18. The van der Waals surface area contributed by atoms with E-state index in [9.17, 15) is 9.59 Å². The second-order valence-electron chi connectivity index (χ2n) is 4.78. The summed E-state index contributed by atoms with van der Waals surface area (Å²) in [5, 5.41) is 2.73. The molecule has 20 heavy (non-hydrogen) atoms. The highest BCUT2D eigenvalue weighted by molar-refractivity contribution is 6.03. The molecular weight excluding hydrogens is 258 g/mol. The molecule has 5 heteroatoms. The number of ether oxygens (including phenoxy) is 2. The minimum atomic E-state index is -0.932. The van der Waals surface area contributed by atoms with Crippen molar-refractivity contribution in [1.29, 1.82) is 0 Å². The van der Waals surface area contributed by atoms with Crippen molar-refractivity contribution in [2.75, 3.05) is 19.5 Å². The van der Waals surface area contributed by atoms with E-state index in [-0.39, 0.29) is 5.91 Å². The molecule has 0 bridgehead atoms. The Morgan fingerprint density at radius 1 is 1.30 bits per heavy atom. The van der Waals surface area contributed by atoms with Crippen LogP contribution in [0.4, 0.5) is 5.69 Å². The third kappa shape index (κ3) is 3.36. The third-order valence-corrected chi connectivity index (χ3v) is 3.43. The largest absolute Gasteiger partial charge is 0.465 e. The number of amides is 1. The number of methoxy groups -OCH3 is 2. The van der Waals surface area contributed by atoms with Crippen LogP contribution in [0.25, 0.3) is 0 Å². The summed E-state index contributed by atoms with van der Waals surface area (Å²) in [5.74, 6) is -0.781. The summed E-state index contributed by atoms with van der Waals surface area (Å²) in [4.78, 5) is 24.0. The Morgan fingerprint density at radius 3 is 2.45 bits per heavy atom. The molecule has 1 rings (SSSR count). The lowest BCUT2D eigenvalue weighted by Gasteiger charge is -2.25. The minimum Gasteiger partial charge on any atom is -0.465 e. The van der Waals surface area contributed by atoms with E-state index in [0.717, 1.165) is 5.56 Å². The maximum Gasteiger partial charge on any atom is 0.339 e. The number of anilines is 1. The number of nitrogens with one attached hydrogen (secondary N) is 1. The molecule has 1 aromatic carbocycles. The van der Waals surface area contributed by atoms with Gasteiger partial charge in [-0.3, -0.25) is 4.79 Å². The number of carbonyl (C=O) groups is 2. The van der Waals surface area contributed by atoms with E-state index >= 15 is 0 Å². The zero-order chi connectivity index (χ0) is 15.3. The van der Waals surface area contributed by atoms with Crippen LogP contribution in [0.3, 0.4) is 0 Å². The lowest BCUT2D eigenvalue weighted by Crippen LogP contribution is -2.41. The smallest absolute Gasteiger partial charge is 0.339 e. The van der Waals surface area contributed by atoms with Crippen LogP contribution in [0, 0.1) is 6.92 Å². The Bertz CT molecular complexity index is 507. The molecule has 0 saturated carbocycles. The summed E-state index contributed by atoms with van der Waals surface area (Å²) in [5.41, 5.74) is 0.728. The number of hydrogen-bond acceptors (Lipinski definition) is 4. The molecule has 110 valence electrons. The van der Waals surface area contributed by atoms with Gasteiger partial charge in [0.2, 0.25) is 0 Å². The number of esters is 1. The first-order chi connectivity index (χ1) is 9.37. The Labute approximate surface area is 119 Å². The molecule has 0 saturated heterocycles. The summed E-state index contributed by atoms with van der Waals surface area (Å²) >= 11 is 0. The second-order valence-corrected chi connectivity index (χ2v) is 4.78. The fourth-order valence-electron chi connectivity index (χ4n) is 1.70. The standard InChI is InChI=1S/C15H21NO4/c1-6-15(3,20-5)14(18)16-12-8-7-10(2)9-11(12)13(17)19-4/h7-9H,6H2,1-5H3,(H,16,18). The van der Waals surface area contributed by atoms with E-state index in [1.165, 1.54) is 14.2 Å². The monoisotopic (exact) mass is 279 g/mol. The highest BCUT2D eigenvalue weighted by Gasteiger charge is 2.31. The number of hydrogen-bond donors (Lipinski definition) is 1. The molecule has 0 aliphatic rings.